The maximum absolute atomic E-state index is 13.8. The van der Waals surface area contributed by atoms with Crippen LogP contribution in [0.4, 0.5) is 4.39 Å². The third kappa shape index (κ3) is 8.98. The van der Waals surface area contributed by atoms with Gasteiger partial charge in [0, 0.05) is 37.6 Å². The largest absolute Gasteiger partial charge is 1.00 e. The van der Waals surface area contributed by atoms with E-state index in [9.17, 15) is 29.3 Å². The van der Waals surface area contributed by atoms with Gasteiger partial charge in [-0.05, 0) is 55.5 Å². The molecule has 0 aliphatic heterocycles. The van der Waals surface area contributed by atoms with Crippen molar-refractivity contribution < 1.29 is 58.9 Å². The number of benzene rings is 2. The quantitative estimate of drug-likeness (QED) is 0.294. The van der Waals surface area contributed by atoms with Gasteiger partial charge in [-0.25, -0.2) is 9.37 Å². The molecule has 0 unspecified atom stereocenters. The van der Waals surface area contributed by atoms with E-state index in [2.05, 4.69) is 0 Å². The number of aliphatic hydroxyl groups excluding tert-OH is 2. The third-order valence-corrected chi connectivity index (χ3v) is 6.38. The van der Waals surface area contributed by atoms with Crippen LogP contribution in [-0.2, 0) is 17.9 Å². The van der Waals surface area contributed by atoms with Crippen molar-refractivity contribution in [2.24, 2.45) is 0 Å². The summed E-state index contributed by atoms with van der Waals surface area (Å²) in [7, 11) is 0. The molecule has 3 rings (SSSR count). The van der Waals surface area contributed by atoms with Crippen LogP contribution >= 0.6 is 0 Å². The molecule has 3 aromatic rings. The maximum atomic E-state index is 13.8. The normalized spacial score (nSPS) is 12.6. The predicted octanol–water partition coefficient (Wildman–Crippen LogP) is 0.121. The smallest absolute Gasteiger partial charge is 0.550 e. The molecule has 0 radical (unpaired) electrons. The topological polar surface area (TPSA) is 119 Å². The SMILES string of the molecule is CCN(Cc1ccccc1)C(=O)c1nc(-c2ccc(F)cc2)n(CC[C@@H](O)C[C@@H](O)CC(=O)[O-])c1C(C)C.[Na+]. The van der Waals surface area contributed by atoms with Gasteiger partial charge in [-0.15, -0.1) is 0 Å². The second-order valence-electron chi connectivity index (χ2n) is 9.70. The molecule has 10 heteroatoms. The van der Waals surface area contributed by atoms with Gasteiger partial charge in [0.2, 0.25) is 0 Å². The zero-order valence-electron chi connectivity index (χ0n) is 23.0. The van der Waals surface area contributed by atoms with Gasteiger partial charge in [-0.1, -0.05) is 44.2 Å². The molecule has 0 aliphatic rings. The Kier molecular flexibility index (Phi) is 12.8. The first kappa shape index (κ1) is 32.7. The summed E-state index contributed by atoms with van der Waals surface area (Å²) in [5.41, 5.74) is 2.59. The number of carboxylic acids is 1. The number of amides is 1. The summed E-state index contributed by atoms with van der Waals surface area (Å²) < 4.78 is 15.5. The van der Waals surface area contributed by atoms with Crippen molar-refractivity contribution in [1.29, 1.82) is 0 Å². The molecule has 1 aromatic heterocycles. The number of aliphatic hydroxyl groups is 2. The first-order valence-electron chi connectivity index (χ1n) is 12.9. The summed E-state index contributed by atoms with van der Waals surface area (Å²) >= 11 is 0. The van der Waals surface area contributed by atoms with Crippen molar-refractivity contribution in [2.75, 3.05) is 6.54 Å². The van der Waals surface area contributed by atoms with Crippen LogP contribution in [0.2, 0.25) is 0 Å². The number of carbonyl (C=O) groups excluding carboxylic acids is 2. The first-order chi connectivity index (χ1) is 18.1. The van der Waals surface area contributed by atoms with E-state index in [1.165, 1.54) is 12.1 Å². The van der Waals surface area contributed by atoms with Gasteiger partial charge in [0.1, 0.15) is 11.6 Å². The van der Waals surface area contributed by atoms with Crippen LogP contribution < -0.4 is 34.7 Å². The van der Waals surface area contributed by atoms with Gasteiger partial charge in [-0.3, -0.25) is 4.79 Å². The number of nitrogens with zero attached hydrogens (tertiary/aromatic N) is 3. The Morgan fingerprint density at radius 3 is 2.26 bits per heavy atom. The van der Waals surface area contributed by atoms with Crippen LogP contribution in [0.3, 0.4) is 0 Å². The minimum atomic E-state index is -1.39. The molecule has 1 amide bonds. The fraction of sp³-hybridized carbons (Fsp3) is 0.414. The van der Waals surface area contributed by atoms with E-state index in [-0.39, 0.29) is 60.8 Å². The molecule has 0 saturated heterocycles. The zero-order chi connectivity index (χ0) is 27.8. The van der Waals surface area contributed by atoms with E-state index in [0.717, 1.165) is 5.56 Å². The molecule has 0 saturated carbocycles. The number of rotatable bonds is 13. The molecule has 0 bridgehead atoms. The van der Waals surface area contributed by atoms with Crippen molar-refractivity contribution in [1.82, 2.24) is 14.5 Å². The van der Waals surface area contributed by atoms with Crippen LogP contribution in [-0.4, -0.2) is 55.3 Å². The first-order valence-corrected chi connectivity index (χ1v) is 12.9. The van der Waals surface area contributed by atoms with Crippen molar-refractivity contribution in [3.05, 3.63) is 77.4 Å². The summed E-state index contributed by atoms with van der Waals surface area (Å²) in [5, 5.41) is 31.1. The Morgan fingerprint density at radius 2 is 1.69 bits per heavy atom. The van der Waals surface area contributed by atoms with Gasteiger partial charge in [0.05, 0.1) is 17.9 Å². The molecule has 0 fully saturated rings. The Labute approximate surface area is 250 Å². The molecular formula is C29H35FN3NaO5. The second kappa shape index (κ2) is 15.3. The molecule has 2 aromatic carbocycles. The number of carbonyl (C=O) groups is 2. The Balaban J connectivity index is 0.00000533. The number of aliphatic carboxylic acids is 1. The molecule has 39 heavy (non-hydrogen) atoms. The standard InChI is InChI=1S/C29H36FN3O5.Na/c1-4-32(18-20-8-6-5-7-9-20)29(38)26-27(19(2)3)33(15-14-23(34)16-24(35)17-25(36)37)28(31-26)21-10-12-22(30)13-11-21;/h5-13,19,23-24,34-35H,4,14-18H2,1-3H3,(H,36,37);/q;+1/p-1/t23-,24-;/m1./s1. The van der Waals surface area contributed by atoms with Gasteiger partial charge in [0.25, 0.3) is 5.91 Å². The fourth-order valence-corrected chi connectivity index (χ4v) is 4.52. The van der Waals surface area contributed by atoms with E-state index in [4.69, 9.17) is 4.98 Å². The van der Waals surface area contributed by atoms with Crippen LogP contribution in [0.5, 0.6) is 0 Å². The number of halogens is 1. The number of imidazole rings is 1. The van der Waals surface area contributed by atoms with E-state index < -0.39 is 30.4 Å². The van der Waals surface area contributed by atoms with Crippen molar-refractivity contribution in [3.63, 3.8) is 0 Å². The van der Waals surface area contributed by atoms with Crippen molar-refractivity contribution >= 4 is 11.9 Å². The van der Waals surface area contributed by atoms with E-state index in [0.29, 0.717) is 35.9 Å². The molecule has 0 aliphatic carbocycles. The predicted molar refractivity (Wildman–Crippen MR) is 139 cm³/mol. The molecule has 2 atom stereocenters. The van der Waals surface area contributed by atoms with Crippen LogP contribution in [0.15, 0.2) is 54.6 Å². The van der Waals surface area contributed by atoms with Gasteiger partial charge < -0.3 is 29.6 Å². The zero-order valence-corrected chi connectivity index (χ0v) is 25.0. The van der Waals surface area contributed by atoms with Crippen LogP contribution in [0.25, 0.3) is 11.4 Å². The number of aromatic nitrogens is 2. The van der Waals surface area contributed by atoms with Crippen molar-refractivity contribution in [2.45, 2.75) is 71.2 Å². The summed E-state index contributed by atoms with van der Waals surface area (Å²) in [6.07, 6.45) is -2.72. The number of hydrogen-bond acceptors (Lipinski definition) is 6. The van der Waals surface area contributed by atoms with Gasteiger partial charge >= 0.3 is 29.6 Å². The molecule has 0 spiro atoms. The molecule has 2 N–H and O–H groups in total. The molecular weight excluding hydrogens is 512 g/mol. The third-order valence-electron chi connectivity index (χ3n) is 6.38. The number of hydrogen-bond donors (Lipinski definition) is 2. The molecule has 1 heterocycles. The summed E-state index contributed by atoms with van der Waals surface area (Å²) in [6.45, 7) is 6.95. The van der Waals surface area contributed by atoms with Gasteiger partial charge in [-0.2, -0.15) is 0 Å². The van der Waals surface area contributed by atoms with Gasteiger partial charge in [0.15, 0.2) is 5.69 Å². The van der Waals surface area contributed by atoms with Crippen LogP contribution in [0, 0.1) is 5.82 Å². The Hall–Kier alpha value is -2.56. The van der Waals surface area contributed by atoms with E-state index >= 15 is 0 Å². The average Bonchev–Trinajstić information content (AvgIpc) is 3.26. The summed E-state index contributed by atoms with van der Waals surface area (Å²) in [5.74, 6) is -1.65. The summed E-state index contributed by atoms with van der Waals surface area (Å²) in [6, 6.07) is 15.5. The molecule has 8 nitrogen and oxygen atoms in total. The Morgan fingerprint density at radius 1 is 1.05 bits per heavy atom. The number of carboxylic acid groups (broad SMARTS) is 1. The van der Waals surface area contributed by atoms with E-state index in [1.807, 2.05) is 55.7 Å². The summed E-state index contributed by atoms with van der Waals surface area (Å²) in [4.78, 5) is 31.0. The minimum absolute atomic E-state index is 0. The second-order valence-corrected chi connectivity index (χ2v) is 9.70. The monoisotopic (exact) mass is 547 g/mol. The van der Waals surface area contributed by atoms with Crippen molar-refractivity contribution in [3.8, 4) is 11.4 Å². The van der Waals surface area contributed by atoms with Crippen LogP contribution in [0.1, 0.15) is 67.7 Å². The van der Waals surface area contributed by atoms with E-state index in [1.54, 1.807) is 17.0 Å². The molecule has 204 valence electrons. The maximum Gasteiger partial charge on any atom is 1.00 e. The minimum Gasteiger partial charge on any atom is -0.550 e. The Bertz CT molecular complexity index is 1220. The fourth-order valence-electron chi connectivity index (χ4n) is 4.52. The average molecular weight is 548 g/mol.